The van der Waals surface area contributed by atoms with Gasteiger partial charge in [-0.2, -0.15) is 0 Å². The summed E-state index contributed by atoms with van der Waals surface area (Å²) in [4.78, 5) is 66.7. The SMILES string of the molecule is Cl.Cl.Cl.Cl.O=C(OCC(COC(=O)c1cccnc1)(COC(=O)c1cccnc1)COC(=O)c1cccnc1)c1cccnc1. The van der Waals surface area contributed by atoms with Crippen LogP contribution in [-0.2, 0) is 18.9 Å². The Bertz CT molecular complexity index is 1250. The second-order valence-corrected chi connectivity index (χ2v) is 8.77. The fourth-order valence-electron chi connectivity index (χ4n) is 3.39. The summed E-state index contributed by atoms with van der Waals surface area (Å²) in [6, 6.07) is 12.3. The lowest BCUT2D eigenvalue weighted by Crippen LogP contribution is -2.44. The van der Waals surface area contributed by atoms with Gasteiger partial charge in [-0.15, -0.1) is 49.6 Å². The standard InChI is InChI=1S/C29H24N4O8.4ClH/c34-25(21-5-1-9-30-13-21)38-17-29(18-39-26(35)22-6-2-10-31-14-22,19-40-27(36)23-7-3-11-32-15-23)20-41-28(37)24-8-4-12-33-16-24;;;;/h1-16H,17-20H2;4*1H. The number of hydrogen-bond donors (Lipinski definition) is 0. The Labute approximate surface area is 282 Å². The van der Waals surface area contributed by atoms with Crippen molar-refractivity contribution in [3.63, 3.8) is 0 Å². The molecule has 0 aliphatic heterocycles. The van der Waals surface area contributed by atoms with Gasteiger partial charge in [0, 0.05) is 49.6 Å². The van der Waals surface area contributed by atoms with Crippen LogP contribution >= 0.6 is 49.6 Å². The first-order chi connectivity index (χ1) is 20.0. The number of pyridine rings is 4. The monoisotopic (exact) mass is 700 g/mol. The van der Waals surface area contributed by atoms with E-state index >= 15 is 0 Å². The number of halogens is 4. The molecule has 0 radical (unpaired) electrons. The molecule has 0 atom stereocenters. The summed E-state index contributed by atoms with van der Waals surface area (Å²) in [5.74, 6) is -2.95. The Morgan fingerprint density at radius 2 is 0.667 bits per heavy atom. The highest BCUT2D eigenvalue weighted by Gasteiger charge is 2.38. The molecule has 0 bridgehead atoms. The van der Waals surface area contributed by atoms with E-state index in [2.05, 4.69) is 19.9 Å². The number of carbonyl (C=O) groups is 4. The normalized spacial score (nSPS) is 9.78. The fourth-order valence-corrected chi connectivity index (χ4v) is 3.39. The minimum atomic E-state index is -1.51. The molecule has 0 saturated carbocycles. The van der Waals surface area contributed by atoms with Gasteiger partial charge in [0.05, 0.1) is 22.3 Å². The van der Waals surface area contributed by atoms with Crippen molar-refractivity contribution < 1.29 is 38.1 Å². The molecule has 4 aromatic rings. The topological polar surface area (TPSA) is 157 Å². The third kappa shape index (κ3) is 12.3. The first kappa shape index (κ1) is 40.6. The molecular formula is C29H28Cl4N4O8. The maximum absolute atomic E-state index is 12.8. The number of esters is 4. The van der Waals surface area contributed by atoms with E-state index in [9.17, 15) is 19.2 Å². The van der Waals surface area contributed by atoms with E-state index in [0.717, 1.165) is 0 Å². The second kappa shape index (κ2) is 20.6. The third-order valence-electron chi connectivity index (χ3n) is 5.63. The number of nitrogens with zero attached hydrogens (tertiary/aromatic N) is 4. The van der Waals surface area contributed by atoms with Gasteiger partial charge in [0.1, 0.15) is 31.8 Å². The molecule has 240 valence electrons. The van der Waals surface area contributed by atoms with Gasteiger partial charge in [-0.05, 0) is 48.5 Å². The lowest BCUT2D eigenvalue weighted by Gasteiger charge is -2.31. The van der Waals surface area contributed by atoms with Gasteiger partial charge < -0.3 is 18.9 Å². The van der Waals surface area contributed by atoms with Gasteiger partial charge >= 0.3 is 23.9 Å². The zero-order valence-electron chi connectivity index (χ0n) is 23.3. The third-order valence-corrected chi connectivity index (χ3v) is 5.63. The average molecular weight is 702 g/mol. The Morgan fingerprint density at radius 3 is 0.844 bits per heavy atom. The van der Waals surface area contributed by atoms with Crippen LogP contribution < -0.4 is 0 Å². The van der Waals surface area contributed by atoms with Gasteiger partial charge in [0.2, 0.25) is 0 Å². The summed E-state index contributed by atoms with van der Waals surface area (Å²) in [6.45, 7) is -1.83. The van der Waals surface area contributed by atoms with Crippen LogP contribution in [0.25, 0.3) is 0 Å². The molecule has 0 N–H and O–H groups in total. The van der Waals surface area contributed by atoms with E-state index in [0.29, 0.717) is 0 Å². The minimum absolute atomic E-state index is 0. The first-order valence-corrected chi connectivity index (χ1v) is 12.2. The Hall–Kier alpha value is -4.36. The van der Waals surface area contributed by atoms with Crippen molar-refractivity contribution in [3.05, 3.63) is 120 Å². The Balaban J connectivity index is 0.00000484. The van der Waals surface area contributed by atoms with Gasteiger partial charge in [-0.3, -0.25) is 19.9 Å². The van der Waals surface area contributed by atoms with Crippen LogP contribution in [-0.4, -0.2) is 70.2 Å². The van der Waals surface area contributed by atoms with Crippen molar-refractivity contribution in [1.82, 2.24) is 19.9 Å². The number of hydrogen-bond acceptors (Lipinski definition) is 12. The summed E-state index contributed by atoms with van der Waals surface area (Å²) < 4.78 is 22.1. The zero-order valence-corrected chi connectivity index (χ0v) is 26.5. The van der Waals surface area contributed by atoms with E-state index in [1.165, 1.54) is 73.8 Å². The van der Waals surface area contributed by atoms with Crippen molar-refractivity contribution >= 4 is 73.5 Å². The van der Waals surface area contributed by atoms with E-state index < -0.39 is 55.7 Å². The molecular weight excluding hydrogens is 674 g/mol. The quantitative estimate of drug-likeness (QED) is 0.149. The van der Waals surface area contributed by atoms with Crippen LogP contribution in [0.4, 0.5) is 0 Å². The van der Waals surface area contributed by atoms with Crippen LogP contribution in [0, 0.1) is 5.41 Å². The van der Waals surface area contributed by atoms with Crippen LogP contribution in [0.3, 0.4) is 0 Å². The van der Waals surface area contributed by atoms with Crippen molar-refractivity contribution in [2.75, 3.05) is 26.4 Å². The second-order valence-electron chi connectivity index (χ2n) is 8.77. The molecule has 16 heteroatoms. The van der Waals surface area contributed by atoms with Gasteiger partial charge in [-0.1, -0.05) is 0 Å². The number of ether oxygens (including phenoxy) is 4. The molecule has 0 aromatic carbocycles. The highest BCUT2D eigenvalue weighted by molar-refractivity contribution is 5.90. The zero-order chi connectivity index (χ0) is 28.9. The molecule has 0 unspecified atom stereocenters. The first-order valence-electron chi connectivity index (χ1n) is 12.2. The highest BCUT2D eigenvalue weighted by atomic mass is 35.5. The van der Waals surface area contributed by atoms with E-state index in [1.54, 1.807) is 24.3 Å². The summed E-state index contributed by atoms with van der Waals surface area (Å²) in [6.07, 6.45) is 11.2. The molecule has 45 heavy (non-hydrogen) atoms. The van der Waals surface area contributed by atoms with Crippen molar-refractivity contribution in [1.29, 1.82) is 0 Å². The number of aromatic nitrogens is 4. The molecule has 0 saturated heterocycles. The van der Waals surface area contributed by atoms with Gasteiger partial charge in [-0.25, -0.2) is 19.2 Å². The molecule has 0 aliphatic rings. The lowest BCUT2D eigenvalue weighted by molar-refractivity contribution is -0.0642. The van der Waals surface area contributed by atoms with Crippen LogP contribution in [0.1, 0.15) is 41.4 Å². The Morgan fingerprint density at radius 1 is 0.444 bits per heavy atom. The molecule has 4 rings (SSSR count). The molecule has 4 heterocycles. The summed E-state index contributed by atoms with van der Waals surface area (Å²) in [5.41, 5.74) is -0.866. The lowest BCUT2D eigenvalue weighted by atomic mass is 9.92. The summed E-state index contributed by atoms with van der Waals surface area (Å²) in [5, 5.41) is 0. The molecule has 0 fully saturated rings. The van der Waals surface area contributed by atoms with E-state index in [-0.39, 0.29) is 71.9 Å². The van der Waals surface area contributed by atoms with Crippen LogP contribution in [0.2, 0.25) is 0 Å². The molecule has 0 spiro atoms. The predicted octanol–water partition coefficient (Wildman–Crippen LogP) is 4.67. The fraction of sp³-hybridized carbons (Fsp3) is 0.172. The van der Waals surface area contributed by atoms with Crippen molar-refractivity contribution in [3.8, 4) is 0 Å². The smallest absolute Gasteiger partial charge is 0.339 e. The molecule has 12 nitrogen and oxygen atoms in total. The largest absolute Gasteiger partial charge is 0.461 e. The average Bonchev–Trinajstić information content (AvgIpc) is 3.05. The minimum Gasteiger partial charge on any atom is -0.461 e. The maximum Gasteiger partial charge on any atom is 0.339 e. The Kier molecular flexibility index (Phi) is 18.6. The molecule has 0 aliphatic carbocycles. The summed E-state index contributed by atoms with van der Waals surface area (Å²) in [7, 11) is 0. The van der Waals surface area contributed by atoms with Crippen LogP contribution in [0.5, 0.6) is 0 Å². The molecule has 0 amide bonds. The predicted molar refractivity (Wildman–Crippen MR) is 170 cm³/mol. The number of carbonyl (C=O) groups excluding carboxylic acids is 4. The van der Waals surface area contributed by atoms with Crippen LogP contribution in [0.15, 0.2) is 98.1 Å². The van der Waals surface area contributed by atoms with Crippen molar-refractivity contribution in [2.45, 2.75) is 0 Å². The number of rotatable bonds is 12. The molecule has 4 aromatic heterocycles. The van der Waals surface area contributed by atoms with E-state index in [1.807, 2.05) is 0 Å². The highest BCUT2D eigenvalue weighted by Crippen LogP contribution is 2.24. The maximum atomic E-state index is 12.8. The summed E-state index contributed by atoms with van der Waals surface area (Å²) >= 11 is 0. The van der Waals surface area contributed by atoms with E-state index in [4.69, 9.17) is 18.9 Å². The van der Waals surface area contributed by atoms with Gasteiger partial charge in [0.25, 0.3) is 0 Å². The van der Waals surface area contributed by atoms with Crippen molar-refractivity contribution in [2.24, 2.45) is 5.41 Å². The van der Waals surface area contributed by atoms with Gasteiger partial charge in [0.15, 0.2) is 0 Å².